The molecule has 3 rings (SSSR count). The van der Waals surface area contributed by atoms with Crippen molar-refractivity contribution in [3.8, 4) is 0 Å². The Bertz CT molecular complexity index is 628. The highest BCUT2D eigenvalue weighted by molar-refractivity contribution is 7.16. The molecule has 92 valence electrons. The number of fused-ring (bicyclic) bond motifs is 2. The van der Waals surface area contributed by atoms with E-state index in [1.165, 1.54) is 0 Å². The SMILES string of the molecule is CC(C)c1nc2c(s1)Nc1ccccc1N=C2N. The zero-order chi connectivity index (χ0) is 12.7. The summed E-state index contributed by atoms with van der Waals surface area (Å²) in [5.41, 5.74) is 8.62. The number of nitrogens with two attached hydrogens (primary N) is 1. The second-order valence-corrected chi connectivity index (χ2v) is 5.55. The molecule has 4 nitrogen and oxygen atoms in total. The van der Waals surface area contributed by atoms with Gasteiger partial charge in [-0.15, -0.1) is 11.3 Å². The molecule has 0 aliphatic carbocycles. The van der Waals surface area contributed by atoms with Crippen LogP contribution in [0.3, 0.4) is 0 Å². The van der Waals surface area contributed by atoms with Crippen molar-refractivity contribution < 1.29 is 0 Å². The molecule has 1 aromatic heterocycles. The molecule has 0 unspecified atom stereocenters. The fourth-order valence-electron chi connectivity index (χ4n) is 1.82. The summed E-state index contributed by atoms with van der Waals surface area (Å²) in [5.74, 6) is 0.873. The number of para-hydroxylation sites is 2. The first-order chi connectivity index (χ1) is 8.65. The van der Waals surface area contributed by atoms with Crippen molar-refractivity contribution in [1.29, 1.82) is 0 Å². The van der Waals surface area contributed by atoms with Gasteiger partial charge in [0.1, 0.15) is 10.7 Å². The minimum absolute atomic E-state index is 0.395. The maximum absolute atomic E-state index is 6.03. The maximum Gasteiger partial charge on any atom is 0.153 e. The van der Waals surface area contributed by atoms with Gasteiger partial charge in [-0.2, -0.15) is 0 Å². The number of hydrogen-bond donors (Lipinski definition) is 2. The van der Waals surface area contributed by atoms with Gasteiger partial charge < -0.3 is 11.1 Å². The van der Waals surface area contributed by atoms with Crippen LogP contribution in [-0.4, -0.2) is 10.8 Å². The third-order valence-corrected chi connectivity index (χ3v) is 4.04. The summed E-state index contributed by atoms with van der Waals surface area (Å²) in [5, 5.41) is 5.42. The van der Waals surface area contributed by atoms with Gasteiger partial charge in [0.05, 0.1) is 16.4 Å². The Morgan fingerprint density at radius 3 is 2.83 bits per heavy atom. The second-order valence-electron chi connectivity index (χ2n) is 4.52. The van der Waals surface area contributed by atoms with E-state index in [1.807, 2.05) is 24.3 Å². The molecule has 3 N–H and O–H groups in total. The number of hydrogen-bond acceptors (Lipinski definition) is 5. The number of nitrogens with zero attached hydrogens (tertiary/aromatic N) is 2. The summed E-state index contributed by atoms with van der Waals surface area (Å²) in [6.07, 6.45) is 0. The molecule has 1 aliphatic heterocycles. The van der Waals surface area contributed by atoms with Gasteiger partial charge in [-0.1, -0.05) is 26.0 Å². The second kappa shape index (κ2) is 4.10. The van der Waals surface area contributed by atoms with Crippen LogP contribution in [0.1, 0.15) is 30.5 Å². The molecule has 2 heterocycles. The van der Waals surface area contributed by atoms with Crippen molar-refractivity contribution in [2.45, 2.75) is 19.8 Å². The molecule has 1 aliphatic rings. The summed E-state index contributed by atoms with van der Waals surface area (Å²) < 4.78 is 0. The van der Waals surface area contributed by atoms with Crippen molar-refractivity contribution in [2.75, 3.05) is 5.32 Å². The van der Waals surface area contributed by atoms with Crippen LogP contribution in [0.25, 0.3) is 0 Å². The van der Waals surface area contributed by atoms with Gasteiger partial charge in [0, 0.05) is 5.92 Å². The van der Waals surface area contributed by atoms with Crippen LogP contribution < -0.4 is 11.1 Å². The van der Waals surface area contributed by atoms with E-state index in [1.54, 1.807) is 11.3 Å². The first-order valence-corrected chi connectivity index (χ1v) is 6.68. The van der Waals surface area contributed by atoms with Crippen molar-refractivity contribution in [1.82, 2.24) is 4.98 Å². The number of amidine groups is 1. The van der Waals surface area contributed by atoms with Crippen LogP contribution in [0, 0.1) is 0 Å². The lowest BCUT2D eigenvalue weighted by atomic mass is 10.2. The topological polar surface area (TPSA) is 63.3 Å². The largest absolute Gasteiger partial charge is 0.382 e. The standard InChI is InChI=1S/C13H14N4S/c1-7(2)12-17-10-11(14)15-8-5-3-4-6-9(8)16-13(10)18-12/h3-7,16H,1-2H3,(H2,14,15). The monoisotopic (exact) mass is 258 g/mol. The summed E-state index contributed by atoms with van der Waals surface area (Å²) in [7, 11) is 0. The number of aromatic nitrogens is 1. The van der Waals surface area contributed by atoms with Gasteiger partial charge in [0.15, 0.2) is 5.84 Å². The quantitative estimate of drug-likeness (QED) is 0.824. The zero-order valence-corrected chi connectivity index (χ0v) is 11.1. The van der Waals surface area contributed by atoms with Crippen LogP contribution in [0.2, 0.25) is 0 Å². The van der Waals surface area contributed by atoms with Gasteiger partial charge in [-0.3, -0.25) is 0 Å². The average Bonchev–Trinajstić information content (AvgIpc) is 2.71. The fraction of sp³-hybridized carbons (Fsp3) is 0.231. The lowest BCUT2D eigenvalue weighted by molar-refractivity contribution is 0.851. The molecule has 1 aromatic carbocycles. The first kappa shape index (κ1) is 11.2. The average molecular weight is 258 g/mol. The molecule has 5 heteroatoms. The fourth-order valence-corrected chi connectivity index (χ4v) is 2.81. The molecule has 0 saturated heterocycles. The van der Waals surface area contributed by atoms with E-state index in [-0.39, 0.29) is 0 Å². The number of nitrogens with one attached hydrogen (secondary N) is 1. The molecule has 2 aromatic rings. The molecular formula is C13H14N4S. The van der Waals surface area contributed by atoms with Gasteiger partial charge in [0.25, 0.3) is 0 Å². The van der Waals surface area contributed by atoms with Crippen LogP contribution in [0.15, 0.2) is 29.3 Å². The zero-order valence-electron chi connectivity index (χ0n) is 10.3. The lowest BCUT2D eigenvalue weighted by Crippen LogP contribution is -2.13. The predicted molar refractivity (Wildman–Crippen MR) is 76.3 cm³/mol. The van der Waals surface area contributed by atoms with Crippen molar-refractivity contribution >= 4 is 33.5 Å². The summed E-state index contributed by atoms with van der Waals surface area (Å²) in [4.78, 5) is 9.00. The van der Waals surface area contributed by atoms with Crippen LogP contribution in [-0.2, 0) is 0 Å². The number of anilines is 2. The normalized spacial score (nSPS) is 13.4. The van der Waals surface area contributed by atoms with Gasteiger partial charge in [-0.05, 0) is 12.1 Å². The molecular weight excluding hydrogens is 244 g/mol. The smallest absolute Gasteiger partial charge is 0.153 e. The number of benzene rings is 1. The predicted octanol–water partition coefficient (Wildman–Crippen LogP) is 3.36. The number of thiazole rings is 1. The van der Waals surface area contributed by atoms with Crippen molar-refractivity contribution in [3.63, 3.8) is 0 Å². The Hall–Kier alpha value is -1.88. The van der Waals surface area contributed by atoms with Gasteiger partial charge in [-0.25, -0.2) is 9.98 Å². The third kappa shape index (κ3) is 1.76. The summed E-state index contributed by atoms with van der Waals surface area (Å²) in [6.45, 7) is 4.25. The van der Waals surface area contributed by atoms with Gasteiger partial charge >= 0.3 is 0 Å². The van der Waals surface area contributed by atoms with E-state index in [0.29, 0.717) is 11.8 Å². The molecule has 0 fully saturated rings. The molecule has 0 saturated carbocycles. The van der Waals surface area contributed by atoms with E-state index in [4.69, 9.17) is 5.73 Å². The summed E-state index contributed by atoms with van der Waals surface area (Å²) >= 11 is 1.64. The highest BCUT2D eigenvalue weighted by Crippen LogP contribution is 2.37. The minimum Gasteiger partial charge on any atom is -0.382 e. The van der Waals surface area contributed by atoms with E-state index >= 15 is 0 Å². The minimum atomic E-state index is 0.395. The maximum atomic E-state index is 6.03. The van der Waals surface area contributed by atoms with E-state index in [2.05, 4.69) is 29.1 Å². The third-order valence-electron chi connectivity index (χ3n) is 2.77. The highest BCUT2D eigenvalue weighted by Gasteiger charge is 2.20. The summed E-state index contributed by atoms with van der Waals surface area (Å²) in [6, 6.07) is 7.86. The highest BCUT2D eigenvalue weighted by atomic mass is 32.1. The van der Waals surface area contributed by atoms with E-state index in [9.17, 15) is 0 Å². The van der Waals surface area contributed by atoms with E-state index in [0.717, 1.165) is 27.1 Å². The van der Waals surface area contributed by atoms with Crippen molar-refractivity contribution in [2.24, 2.45) is 10.7 Å². The van der Waals surface area contributed by atoms with Crippen molar-refractivity contribution in [3.05, 3.63) is 35.0 Å². The Kier molecular flexibility index (Phi) is 2.56. The molecule has 0 bridgehead atoms. The lowest BCUT2D eigenvalue weighted by Gasteiger charge is -2.04. The Labute approximate surface area is 110 Å². The Morgan fingerprint density at radius 1 is 1.28 bits per heavy atom. The van der Waals surface area contributed by atoms with Crippen LogP contribution in [0.4, 0.5) is 16.4 Å². The first-order valence-electron chi connectivity index (χ1n) is 5.86. The van der Waals surface area contributed by atoms with E-state index < -0.39 is 0 Å². The number of rotatable bonds is 1. The molecule has 0 amide bonds. The van der Waals surface area contributed by atoms with Crippen LogP contribution >= 0.6 is 11.3 Å². The Morgan fingerprint density at radius 2 is 2.06 bits per heavy atom. The van der Waals surface area contributed by atoms with Crippen LogP contribution in [0.5, 0.6) is 0 Å². The molecule has 0 atom stereocenters. The number of aliphatic imine (C=N–C) groups is 1. The molecule has 0 radical (unpaired) electrons. The van der Waals surface area contributed by atoms with Gasteiger partial charge in [0.2, 0.25) is 0 Å². The molecule has 18 heavy (non-hydrogen) atoms. The molecule has 0 spiro atoms. The Balaban J connectivity index is 2.15.